The molecule has 0 saturated carbocycles. The molecule has 2 rings (SSSR count). The second-order valence-electron chi connectivity index (χ2n) is 4.88. The van der Waals surface area contributed by atoms with Crippen LogP contribution in [0.1, 0.15) is 18.9 Å². The molecule has 0 spiro atoms. The maximum absolute atomic E-state index is 11.7. The summed E-state index contributed by atoms with van der Waals surface area (Å²) in [6.07, 6.45) is 3.13. The lowest BCUT2D eigenvalue weighted by Gasteiger charge is -2.22. The van der Waals surface area contributed by atoms with E-state index >= 15 is 0 Å². The summed E-state index contributed by atoms with van der Waals surface area (Å²) in [5.74, 6) is -0.238. The molecule has 19 heavy (non-hydrogen) atoms. The average molecular weight is 276 g/mol. The predicted molar refractivity (Wildman–Crippen MR) is 78.0 cm³/mol. The van der Waals surface area contributed by atoms with E-state index in [0.29, 0.717) is 0 Å². The molecule has 0 aliphatic carbocycles. The number of fused-ring (bicyclic) bond motifs is 1. The summed E-state index contributed by atoms with van der Waals surface area (Å²) in [5.41, 5.74) is 0.318. The summed E-state index contributed by atoms with van der Waals surface area (Å²) in [7, 11) is 0. The summed E-state index contributed by atoms with van der Waals surface area (Å²) >= 11 is 1.54. The average Bonchev–Trinajstić information content (AvgIpc) is 2.78. The van der Waals surface area contributed by atoms with Gasteiger partial charge in [0.15, 0.2) is 0 Å². The van der Waals surface area contributed by atoms with Crippen molar-refractivity contribution in [1.29, 1.82) is 0 Å². The predicted octanol–water partition coefficient (Wildman–Crippen LogP) is 2.20. The molecule has 1 aromatic heterocycles. The number of hydrogen-bond acceptors (Lipinski definition) is 4. The highest BCUT2D eigenvalue weighted by Crippen LogP contribution is 2.22. The van der Waals surface area contributed by atoms with Crippen molar-refractivity contribution >= 4 is 33.5 Å². The van der Waals surface area contributed by atoms with Crippen LogP contribution in [0.3, 0.4) is 0 Å². The summed E-state index contributed by atoms with van der Waals surface area (Å²) in [4.78, 5) is 16.1. The number of nitrogens with one attached hydrogen (secondary N) is 1. The Morgan fingerprint density at radius 2 is 2.21 bits per heavy atom. The molecule has 4 nitrogen and oxygen atoms in total. The Hall–Kier alpha value is -1.72. The van der Waals surface area contributed by atoms with Crippen LogP contribution >= 0.6 is 11.3 Å². The van der Waals surface area contributed by atoms with Gasteiger partial charge in [-0.1, -0.05) is 12.1 Å². The van der Waals surface area contributed by atoms with Crippen molar-refractivity contribution in [3.63, 3.8) is 0 Å². The maximum atomic E-state index is 11.7. The number of benzene rings is 1. The molecular weight excluding hydrogens is 260 g/mol. The van der Waals surface area contributed by atoms with Crippen molar-refractivity contribution in [2.75, 3.05) is 6.61 Å². The molecule has 0 atom stereocenters. The first kappa shape index (κ1) is 13.7. The lowest BCUT2D eigenvalue weighted by Crippen LogP contribution is -2.45. The van der Waals surface area contributed by atoms with Gasteiger partial charge in [0.05, 0.1) is 22.4 Å². The molecule has 1 amide bonds. The Morgan fingerprint density at radius 3 is 2.89 bits per heavy atom. The number of aromatic nitrogens is 1. The number of aliphatic hydroxyl groups is 1. The van der Waals surface area contributed by atoms with Gasteiger partial charge in [0.1, 0.15) is 5.01 Å². The highest BCUT2D eigenvalue weighted by atomic mass is 32.1. The number of thiazole rings is 1. The van der Waals surface area contributed by atoms with E-state index in [1.54, 1.807) is 19.9 Å². The van der Waals surface area contributed by atoms with Gasteiger partial charge < -0.3 is 10.4 Å². The van der Waals surface area contributed by atoms with Crippen LogP contribution in [0.25, 0.3) is 16.3 Å². The number of carbonyl (C=O) groups excluding carboxylic acids is 1. The van der Waals surface area contributed by atoms with Crippen molar-refractivity contribution < 1.29 is 9.90 Å². The van der Waals surface area contributed by atoms with E-state index in [9.17, 15) is 4.79 Å². The number of nitrogens with zero attached hydrogens (tertiary/aromatic N) is 1. The Labute approximate surface area is 115 Å². The zero-order chi connectivity index (χ0) is 13.9. The van der Waals surface area contributed by atoms with Crippen LogP contribution in [0.15, 0.2) is 30.3 Å². The Bertz CT molecular complexity index is 584. The van der Waals surface area contributed by atoms with E-state index in [2.05, 4.69) is 10.3 Å². The minimum atomic E-state index is -0.616. The van der Waals surface area contributed by atoms with Crippen molar-refractivity contribution in [2.24, 2.45) is 0 Å². The van der Waals surface area contributed by atoms with Gasteiger partial charge in [-0.3, -0.25) is 4.79 Å². The van der Waals surface area contributed by atoms with E-state index in [1.165, 1.54) is 17.4 Å². The molecule has 2 N–H and O–H groups in total. The van der Waals surface area contributed by atoms with Gasteiger partial charge in [0, 0.05) is 6.08 Å². The fourth-order valence-electron chi connectivity index (χ4n) is 1.52. The van der Waals surface area contributed by atoms with Gasteiger partial charge >= 0.3 is 0 Å². The van der Waals surface area contributed by atoms with Crippen LogP contribution in [0.4, 0.5) is 0 Å². The SMILES string of the molecule is CC(C)(CO)NC(=O)/C=C/c1nc2ccccc2s1. The van der Waals surface area contributed by atoms with Crippen LogP contribution < -0.4 is 5.32 Å². The third-order valence-electron chi connectivity index (χ3n) is 2.54. The molecular formula is C14H16N2O2S. The van der Waals surface area contributed by atoms with Crippen LogP contribution in [0.2, 0.25) is 0 Å². The van der Waals surface area contributed by atoms with E-state index < -0.39 is 5.54 Å². The number of rotatable bonds is 4. The quantitative estimate of drug-likeness (QED) is 0.842. The fraction of sp³-hybridized carbons (Fsp3) is 0.286. The smallest absolute Gasteiger partial charge is 0.244 e. The zero-order valence-corrected chi connectivity index (χ0v) is 11.7. The van der Waals surface area contributed by atoms with Crippen molar-refractivity contribution in [1.82, 2.24) is 10.3 Å². The van der Waals surface area contributed by atoms with Crippen LogP contribution in [0.5, 0.6) is 0 Å². The highest BCUT2D eigenvalue weighted by Gasteiger charge is 2.17. The second kappa shape index (κ2) is 5.50. The molecule has 0 radical (unpaired) electrons. The summed E-state index contributed by atoms with van der Waals surface area (Å²) < 4.78 is 1.10. The summed E-state index contributed by atoms with van der Waals surface area (Å²) in [5, 5.41) is 12.6. The minimum Gasteiger partial charge on any atom is -0.394 e. The normalized spacial score (nSPS) is 12.2. The Kier molecular flexibility index (Phi) is 3.97. The molecule has 2 aromatic rings. The maximum Gasteiger partial charge on any atom is 0.244 e. The largest absolute Gasteiger partial charge is 0.394 e. The molecule has 0 saturated heterocycles. The van der Waals surface area contributed by atoms with Crippen molar-refractivity contribution in [3.8, 4) is 0 Å². The molecule has 1 heterocycles. The van der Waals surface area contributed by atoms with Crippen molar-refractivity contribution in [2.45, 2.75) is 19.4 Å². The van der Waals surface area contributed by atoms with E-state index in [1.807, 2.05) is 24.3 Å². The second-order valence-corrected chi connectivity index (χ2v) is 5.95. The van der Waals surface area contributed by atoms with Gasteiger partial charge in [-0.15, -0.1) is 11.3 Å². The molecule has 0 unspecified atom stereocenters. The summed E-state index contributed by atoms with van der Waals surface area (Å²) in [6, 6.07) is 7.84. The van der Waals surface area contributed by atoms with E-state index in [0.717, 1.165) is 15.2 Å². The lowest BCUT2D eigenvalue weighted by molar-refractivity contribution is -0.118. The zero-order valence-electron chi connectivity index (χ0n) is 10.9. The lowest BCUT2D eigenvalue weighted by atomic mass is 10.1. The van der Waals surface area contributed by atoms with Gasteiger partial charge in [-0.2, -0.15) is 0 Å². The molecule has 5 heteroatoms. The number of para-hydroxylation sites is 1. The first-order chi connectivity index (χ1) is 9.00. The first-order valence-electron chi connectivity index (χ1n) is 5.97. The monoisotopic (exact) mass is 276 g/mol. The molecule has 0 bridgehead atoms. The number of carbonyl (C=O) groups is 1. The Balaban J connectivity index is 2.08. The minimum absolute atomic E-state index is 0.103. The number of aliphatic hydroxyl groups excluding tert-OH is 1. The van der Waals surface area contributed by atoms with Gasteiger partial charge in [0.25, 0.3) is 0 Å². The van der Waals surface area contributed by atoms with E-state index in [4.69, 9.17) is 5.11 Å². The highest BCUT2D eigenvalue weighted by molar-refractivity contribution is 7.19. The van der Waals surface area contributed by atoms with Gasteiger partial charge in [0.2, 0.25) is 5.91 Å². The number of hydrogen-bond donors (Lipinski definition) is 2. The third-order valence-corrected chi connectivity index (χ3v) is 3.55. The van der Waals surface area contributed by atoms with Crippen LogP contribution in [-0.4, -0.2) is 28.1 Å². The van der Waals surface area contributed by atoms with Gasteiger partial charge in [-0.05, 0) is 32.1 Å². The first-order valence-corrected chi connectivity index (χ1v) is 6.78. The van der Waals surface area contributed by atoms with E-state index in [-0.39, 0.29) is 12.5 Å². The molecule has 1 aromatic carbocycles. The fourth-order valence-corrected chi connectivity index (χ4v) is 2.39. The third kappa shape index (κ3) is 3.62. The number of amides is 1. The molecule has 100 valence electrons. The topological polar surface area (TPSA) is 62.2 Å². The Morgan fingerprint density at radius 1 is 1.47 bits per heavy atom. The molecule has 0 aliphatic heterocycles. The molecule has 0 aliphatic rings. The summed E-state index contributed by atoms with van der Waals surface area (Å²) in [6.45, 7) is 3.42. The van der Waals surface area contributed by atoms with Gasteiger partial charge in [-0.25, -0.2) is 4.98 Å². The van der Waals surface area contributed by atoms with Crippen LogP contribution in [0, 0.1) is 0 Å². The molecule has 0 fully saturated rings. The van der Waals surface area contributed by atoms with Crippen molar-refractivity contribution in [3.05, 3.63) is 35.3 Å². The standard InChI is InChI=1S/C14H16N2O2S/c1-14(2,9-17)16-12(18)7-8-13-15-10-5-3-4-6-11(10)19-13/h3-8,17H,9H2,1-2H3,(H,16,18)/b8-7+. The van der Waals surface area contributed by atoms with Crippen LogP contribution in [-0.2, 0) is 4.79 Å².